The van der Waals surface area contributed by atoms with Gasteiger partial charge in [0.15, 0.2) is 0 Å². The number of hydrogen-bond donors (Lipinski definition) is 1. The maximum Gasteiger partial charge on any atom is 0.230 e. The van der Waals surface area contributed by atoms with Gasteiger partial charge in [-0.05, 0) is 48.7 Å². The molecule has 0 spiro atoms. The van der Waals surface area contributed by atoms with Crippen LogP contribution in [0.25, 0.3) is 0 Å². The molecule has 2 atom stereocenters. The highest BCUT2D eigenvalue weighted by Gasteiger charge is 2.50. The van der Waals surface area contributed by atoms with Crippen molar-refractivity contribution in [3.05, 3.63) is 58.6 Å². The molecule has 1 aliphatic heterocycles. The maximum atomic E-state index is 12.7. The van der Waals surface area contributed by atoms with Gasteiger partial charge in [-0.25, -0.2) is 0 Å². The Kier molecular flexibility index (Phi) is 3.88. The van der Waals surface area contributed by atoms with Gasteiger partial charge in [-0.2, -0.15) is 0 Å². The summed E-state index contributed by atoms with van der Waals surface area (Å²) in [5.41, 5.74) is 2.97. The molecule has 122 valence electrons. The van der Waals surface area contributed by atoms with Crippen LogP contribution in [-0.2, 0) is 16.0 Å². The molecule has 1 fully saturated rings. The van der Waals surface area contributed by atoms with E-state index in [1.807, 2.05) is 47.4 Å². The summed E-state index contributed by atoms with van der Waals surface area (Å²) in [6.07, 6.45) is 1.53. The Morgan fingerprint density at radius 2 is 1.79 bits per heavy atom. The third-order valence-electron chi connectivity index (χ3n) is 4.71. The van der Waals surface area contributed by atoms with Crippen LogP contribution in [0.5, 0.6) is 0 Å². The Morgan fingerprint density at radius 3 is 2.58 bits per heavy atom. The van der Waals surface area contributed by atoms with E-state index in [0.29, 0.717) is 6.42 Å². The minimum absolute atomic E-state index is 0.0665. The number of carbonyl (C=O) groups is 2. The van der Waals surface area contributed by atoms with E-state index in [0.717, 1.165) is 28.8 Å². The molecule has 0 bridgehead atoms. The number of hydrogen-bond acceptors (Lipinski definition) is 2. The zero-order valence-corrected chi connectivity index (χ0v) is 14.6. The van der Waals surface area contributed by atoms with Gasteiger partial charge in [0.1, 0.15) is 0 Å². The molecule has 2 aliphatic rings. The quantitative estimate of drug-likeness (QED) is 0.878. The molecule has 2 unspecified atom stereocenters. The monoisotopic (exact) mass is 384 g/mol. The van der Waals surface area contributed by atoms with E-state index >= 15 is 0 Å². The highest BCUT2D eigenvalue weighted by atomic mass is 79.9. The Hall–Kier alpha value is -2.14. The molecule has 0 aromatic heterocycles. The largest absolute Gasteiger partial charge is 0.326 e. The number of para-hydroxylation sites is 1. The summed E-state index contributed by atoms with van der Waals surface area (Å²) in [6, 6.07) is 15.5. The van der Waals surface area contributed by atoms with Gasteiger partial charge in [-0.15, -0.1) is 0 Å². The van der Waals surface area contributed by atoms with Crippen molar-refractivity contribution in [2.75, 3.05) is 16.8 Å². The highest BCUT2D eigenvalue weighted by molar-refractivity contribution is 9.10. The van der Waals surface area contributed by atoms with Crippen molar-refractivity contribution in [2.24, 2.45) is 11.8 Å². The number of halogens is 1. The summed E-state index contributed by atoms with van der Waals surface area (Å²) in [7, 11) is 0. The standard InChI is InChI=1S/C19H17BrN2O2/c20-13-5-7-14(8-6-13)21-18(23)15-11-16(15)19(24)22-10-9-12-3-1-2-4-17(12)22/h1-8,15-16H,9-11H2,(H,21,23). The first-order valence-electron chi connectivity index (χ1n) is 8.09. The summed E-state index contributed by atoms with van der Waals surface area (Å²) in [5, 5.41) is 2.90. The fourth-order valence-electron chi connectivity index (χ4n) is 3.29. The van der Waals surface area contributed by atoms with Crippen LogP contribution in [0, 0.1) is 11.8 Å². The summed E-state index contributed by atoms with van der Waals surface area (Å²) in [4.78, 5) is 26.9. The molecular weight excluding hydrogens is 368 g/mol. The lowest BCUT2D eigenvalue weighted by Crippen LogP contribution is -2.31. The van der Waals surface area contributed by atoms with Crippen LogP contribution in [-0.4, -0.2) is 18.4 Å². The second-order valence-electron chi connectivity index (χ2n) is 6.31. The summed E-state index contributed by atoms with van der Waals surface area (Å²) < 4.78 is 0.965. The van der Waals surface area contributed by atoms with E-state index in [1.54, 1.807) is 0 Å². The molecule has 0 radical (unpaired) electrons. The molecule has 2 aromatic carbocycles. The Morgan fingerprint density at radius 1 is 1.04 bits per heavy atom. The van der Waals surface area contributed by atoms with Crippen molar-refractivity contribution >= 4 is 39.1 Å². The minimum atomic E-state index is -0.214. The van der Waals surface area contributed by atoms with Gasteiger partial charge in [0.2, 0.25) is 11.8 Å². The van der Waals surface area contributed by atoms with Gasteiger partial charge < -0.3 is 10.2 Å². The first-order chi connectivity index (χ1) is 11.6. The Labute approximate surface area is 149 Å². The van der Waals surface area contributed by atoms with Crippen LogP contribution in [0.1, 0.15) is 12.0 Å². The van der Waals surface area contributed by atoms with Gasteiger partial charge in [-0.1, -0.05) is 34.1 Å². The minimum Gasteiger partial charge on any atom is -0.326 e. The van der Waals surface area contributed by atoms with Gasteiger partial charge in [0, 0.05) is 22.4 Å². The van der Waals surface area contributed by atoms with E-state index in [-0.39, 0.29) is 23.7 Å². The fraction of sp³-hybridized carbons (Fsp3) is 0.263. The first-order valence-corrected chi connectivity index (χ1v) is 8.88. The van der Waals surface area contributed by atoms with Crippen LogP contribution in [0.4, 0.5) is 11.4 Å². The van der Waals surface area contributed by atoms with E-state index in [1.165, 1.54) is 5.56 Å². The number of benzene rings is 2. The number of fused-ring (bicyclic) bond motifs is 1. The second-order valence-corrected chi connectivity index (χ2v) is 7.23. The smallest absolute Gasteiger partial charge is 0.230 e. The fourth-order valence-corrected chi connectivity index (χ4v) is 3.56. The molecule has 2 aromatic rings. The summed E-state index contributed by atoms with van der Waals surface area (Å²) in [6.45, 7) is 0.718. The van der Waals surface area contributed by atoms with Crippen molar-refractivity contribution < 1.29 is 9.59 Å². The molecule has 1 saturated carbocycles. The zero-order chi connectivity index (χ0) is 16.7. The molecule has 1 heterocycles. The lowest BCUT2D eigenvalue weighted by molar-refractivity contribution is -0.123. The van der Waals surface area contributed by atoms with Crippen LogP contribution in [0.2, 0.25) is 0 Å². The van der Waals surface area contributed by atoms with Gasteiger partial charge in [0.25, 0.3) is 0 Å². The van der Waals surface area contributed by atoms with E-state index < -0.39 is 0 Å². The lowest BCUT2D eigenvalue weighted by Gasteiger charge is -2.17. The number of anilines is 2. The van der Waals surface area contributed by atoms with Gasteiger partial charge >= 0.3 is 0 Å². The van der Waals surface area contributed by atoms with Crippen LogP contribution < -0.4 is 10.2 Å². The molecule has 1 N–H and O–H groups in total. The third-order valence-corrected chi connectivity index (χ3v) is 5.24. The van der Waals surface area contributed by atoms with Crippen molar-refractivity contribution in [3.8, 4) is 0 Å². The van der Waals surface area contributed by atoms with Gasteiger partial charge in [0.05, 0.1) is 11.8 Å². The third kappa shape index (κ3) is 2.84. The van der Waals surface area contributed by atoms with Crippen molar-refractivity contribution in [1.82, 2.24) is 0 Å². The number of carbonyl (C=O) groups excluding carboxylic acids is 2. The lowest BCUT2D eigenvalue weighted by atomic mass is 10.2. The SMILES string of the molecule is O=C(Nc1ccc(Br)cc1)C1CC1C(=O)N1CCc2ccccc21. The van der Waals surface area contributed by atoms with Crippen molar-refractivity contribution in [1.29, 1.82) is 0 Å². The molecule has 24 heavy (non-hydrogen) atoms. The summed E-state index contributed by atoms with van der Waals surface area (Å²) >= 11 is 3.37. The summed E-state index contributed by atoms with van der Waals surface area (Å²) in [5.74, 6) is -0.389. The number of nitrogens with one attached hydrogen (secondary N) is 1. The number of rotatable bonds is 3. The van der Waals surface area contributed by atoms with E-state index in [4.69, 9.17) is 0 Å². The van der Waals surface area contributed by atoms with E-state index in [9.17, 15) is 9.59 Å². The highest BCUT2D eigenvalue weighted by Crippen LogP contribution is 2.43. The zero-order valence-electron chi connectivity index (χ0n) is 13.0. The molecule has 1 aliphatic carbocycles. The predicted octanol–water partition coefficient (Wildman–Crippen LogP) is 3.61. The average molecular weight is 385 g/mol. The normalized spacial score (nSPS) is 21.3. The molecule has 2 amide bonds. The Bertz CT molecular complexity index is 803. The second kappa shape index (κ2) is 6.06. The number of amides is 2. The maximum absolute atomic E-state index is 12.7. The average Bonchev–Trinajstić information content (AvgIpc) is 3.29. The van der Waals surface area contributed by atoms with Crippen LogP contribution in [0.15, 0.2) is 53.0 Å². The van der Waals surface area contributed by atoms with Gasteiger partial charge in [-0.3, -0.25) is 9.59 Å². The van der Waals surface area contributed by atoms with Crippen molar-refractivity contribution in [3.63, 3.8) is 0 Å². The first kappa shape index (κ1) is 15.4. The number of nitrogens with zero attached hydrogens (tertiary/aromatic N) is 1. The van der Waals surface area contributed by atoms with Crippen molar-refractivity contribution in [2.45, 2.75) is 12.8 Å². The molecule has 4 rings (SSSR count). The van der Waals surface area contributed by atoms with Crippen LogP contribution in [0.3, 0.4) is 0 Å². The molecule has 0 saturated heterocycles. The molecular formula is C19H17BrN2O2. The molecule has 4 nitrogen and oxygen atoms in total. The molecule has 5 heteroatoms. The predicted molar refractivity (Wildman–Crippen MR) is 96.9 cm³/mol. The van der Waals surface area contributed by atoms with Crippen LogP contribution >= 0.6 is 15.9 Å². The topological polar surface area (TPSA) is 49.4 Å². The Balaban J connectivity index is 1.40. The van der Waals surface area contributed by atoms with E-state index in [2.05, 4.69) is 27.3 Å².